The van der Waals surface area contributed by atoms with Gasteiger partial charge in [-0.1, -0.05) is 12.8 Å². The van der Waals surface area contributed by atoms with Crippen molar-refractivity contribution in [1.29, 1.82) is 0 Å². The Morgan fingerprint density at radius 3 is 2.89 bits per heavy atom. The van der Waals surface area contributed by atoms with Crippen LogP contribution in [0.5, 0.6) is 5.75 Å². The van der Waals surface area contributed by atoms with Crippen molar-refractivity contribution in [2.24, 2.45) is 0 Å². The Balaban J connectivity index is 1.78. The zero-order chi connectivity index (χ0) is 13.7. The third-order valence-corrected chi connectivity index (χ3v) is 3.00. The molecule has 1 aliphatic carbocycles. The van der Waals surface area contributed by atoms with Crippen LogP contribution in [0.1, 0.15) is 25.7 Å². The molecule has 7 heteroatoms. The summed E-state index contributed by atoms with van der Waals surface area (Å²) < 4.78 is 6.38. The summed E-state index contributed by atoms with van der Waals surface area (Å²) in [6, 6.07) is 0.283. The van der Waals surface area contributed by atoms with E-state index in [0.717, 1.165) is 12.8 Å². The second kappa shape index (κ2) is 6.21. The van der Waals surface area contributed by atoms with Crippen LogP contribution in [-0.2, 0) is 16.1 Å². The van der Waals surface area contributed by atoms with Crippen molar-refractivity contribution in [3.63, 3.8) is 0 Å². The molecule has 2 N–H and O–H groups in total. The van der Waals surface area contributed by atoms with Crippen molar-refractivity contribution in [3.8, 4) is 5.75 Å². The van der Waals surface area contributed by atoms with Crippen LogP contribution in [0.4, 0.5) is 0 Å². The Hall–Kier alpha value is -2.05. The fraction of sp³-hybridized carbons (Fsp3) is 0.583. The molecule has 0 spiro atoms. The van der Waals surface area contributed by atoms with Gasteiger partial charge in [0.25, 0.3) is 0 Å². The highest BCUT2D eigenvalue weighted by molar-refractivity contribution is 5.76. The maximum absolute atomic E-state index is 11.7. The maximum atomic E-state index is 11.7. The van der Waals surface area contributed by atoms with Gasteiger partial charge < -0.3 is 15.2 Å². The number of nitrogens with zero attached hydrogens (tertiary/aromatic N) is 2. The average molecular weight is 267 g/mol. The van der Waals surface area contributed by atoms with Gasteiger partial charge in [-0.15, -0.1) is 0 Å². The van der Waals surface area contributed by atoms with Crippen molar-refractivity contribution in [2.45, 2.75) is 38.3 Å². The summed E-state index contributed by atoms with van der Waals surface area (Å²) in [6.45, 7) is -0.299. The molecule has 1 aromatic heterocycles. The Kier molecular flexibility index (Phi) is 4.38. The fourth-order valence-electron chi connectivity index (χ4n) is 2.14. The number of hydrogen-bond donors (Lipinski definition) is 2. The first-order valence-electron chi connectivity index (χ1n) is 6.30. The van der Waals surface area contributed by atoms with E-state index >= 15 is 0 Å². The molecule has 1 aromatic rings. The Bertz CT molecular complexity index is 452. The molecule has 104 valence electrons. The minimum absolute atomic E-state index is 0.0835. The van der Waals surface area contributed by atoms with Crippen molar-refractivity contribution < 1.29 is 19.4 Å². The molecule has 0 aromatic carbocycles. The molecule has 0 bridgehead atoms. The number of carbonyl (C=O) groups excluding carboxylic acids is 1. The molecule has 7 nitrogen and oxygen atoms in total. The van der Waals surface area contributed by atoms with E-state index < -0.39 is 12.6 Å². The summed E-state index contributed by atoms with van der Waals surface area (Å²) >= 11 is 0. The van der Waals surface area contributed by atoms with Gasteiger partial charge in [-0.25, -0.2) is 4.79 Å². The molecule has 0 aliphatic heterocycles. The molecule has 19 heavy (non-hydrogen) atoms. The Morgan fingerprint density at radius 2 is 2.21 bits per heavy atom. The predicted octanol–water partition coefficient (Wildman–Crippen LogP) is 0.405. The second-order valence-electron chi connectivity index (χ2n) is 4.60. The molecular weight excluding hydrogens is 250 g/mol. The predicted molar refractivity (Wildman–Crippen MR) is 65.8 cm³/mol. The van der Waals surface area contributed by atoms with Gasteiger partial charge in [-0.3, -0.25) is 9.48 Å². The number of aromatic nitrogens is 2. The van der Waals surface area contributed by atoms with Crippen molar-refractivity contribution in [2.75, 3.05) is 6.61 Å². The summed E-state index contributed by atoms with van der Waals surface area (Å²) in [4.78, 5) is 22.1. The van der Waals surface area contributed by atoms with Gasteiger partial charge in [-0.05, 0) is 12.8 Å². The monoisotopic (exact) mass is 267 g/mol. The van der Waals surface area contributed by atoms with E-state index in [2.05, 4.69) is 10.4 Å². The number of carboxylic acid groups (broad SMARTS) is 1. The average Bonchev–Trinajstić information content (AvgIpc) is 2.98. The summed E-state index contributed by atoms with van der Waals surface area (Å²) in [5.74, 6) is -0.789. The second-order valence-corrected chi connectivity index (χ2v) is 4.60. The lowest BCUT2D eigenvalue weighted by Gasteiger charge is -2.11. The molecule has 0 radical (unpaired) electrons. The third-order valence-electron chi connectivity index (χ3n) is 3.00. The van der Waals surface area contributed by atoms with Gasteiger partial charge in [0, 0.05) is 6.04 Å². The van der Waals surface area contributed by atoms with Crippen LogP contribution in [0, 0.1) is 0 Å². The maximum Gasteiger partial charge on any atom is 0.341 e. The van der Waals surface area contributed by atoms with Crippen LogP contribution in [0.2, 0.25) is 0 Å². The Labute approximate surface area is 110 Å². The summed E-state index contributed by atoms with van der Waals surface area (Å²) in [5, 5.41) is 15.4. The minimum atomic E-state index is -1.05. The van der Waals surface area contributed by atoms with Gasteiger partial charge in [0.2, 0.25) is 5.91 Å². The van der Waals surface area contributed by atoms with E-state index in [4.69, 9.17) is 9.84 Å². The number of carboxylic acids is 1. The van der Waals surface area contributed by atoms with Gasteiger partial charge in [0.05, 0.1) is 12.4 Å². The number of hydrogen-bond acceptors (Lipinski definition) is 4. The van der Waals surface area contributed by atoms with E-state index in [9.17, 15) is 9.59 Å². The van der Waals surface area contributed by atoms with E-state index in [-0.39, 0.29) is 18.5 Å². The van der Waals surface area contributed by atoms with Crippen LogP contribution in [0.25, 0.3) is 0 Å². The van der Waals surface area contributed by atoms with Gasteiger partial charge >= 0.3 is 5.97 Å². The topological polar surface area (TPSA) is 93.4 Å². The minimum Gasteiger partial charge on any atom is -0.479 e. The summed E-state index contributed by atoms with van der Waals surface area (Å²) in [7, 11) is 0. The van der Waals surface area contributed by atoms with Gasteiger partial charge in [0.1, 0.15) is 6.54 Å². The van der Waals surface area contributed by atoms with E-state index in [0.29, 0.717) is 5.75 Å². The molecule has 0 atom stereocenters. The van der Waals surface area contributed by atoms with Crippen molar-refractivity contribution >= 4 is 11.9 Å². The fourth-order valence-corrected chi connectivity index (χ4v) is 2.14. The number of carbonyl (C=O) groups is 2. The first-order valence-corrected chi connectivity index (χ1v) is 6.30. The van der Waals surface area contributed by atoms with Gasteiger partial charge in [-0.2, -0.15) is 5.10 Å². The highest BCUT2D eigenvalue weighted by Gasteiger charge is 2.17. The zero-order valence-electron chi connectivity index (χ0n) is 10.5. The number of amides is 1. The standard InChI is InChI=1S/C12H17N3O4/c16-11(14-9-3-1-2-4-9)7-15-6-10(5-13-15)19-8-12(17)18/h5-6,9H,1-4,7-8H2,(H,14,16)(H,17,18). The highest BCUT2D eigenvalue weighted by Crippen LogP contribution is 2.17. The number of nitrogens with one attached hydrogen (secondary N) is 1. The van der Waals surface area contributed by atoms with Crippen LogP contribution in [0.15, 0.2) is 12.4 Å². The molecule has 0 saturated heterocycles. The van der Waals surface area contributed by atoms with Crippen LogP contribution in [-0.4, -0.2) is 39.4 Å². The molecule has 1 amide bonds. The molecule has 1 fully saturated rings. The molecule has 1 aliphatic rings. The summed E-state index contributed by atoms with van der Waals surface area (Å²) in [5.41, 5.74) is 0. The quantitative estimate of drug-likeness (QED) is 0.778. The normalized spacial score (nSPS) is 15.4. The van der Waals surface area contributed by atoms with E-state index in [1.54, 1.807) is 0 Å². The molecule has 0 unspecified atom stereocenters. The van der Waals surface area contributed by atoms with Crippen molar-refractivity contribution in [1.82, 2.24) is 15.1 Å². The van der Waals surface area contributed by atoms with E-state index in [1.165, 1.54) is 29.9 Å². The van der Waals surface area contributed by atoms with Gasteiger partial charge in [0.15, 0.2) is 12.4 Å². The number of ether oxygens (including phenoxy) is 1. The van der Waals surface area contributed by atoms with Crippen LogP contribution < -0.4 is 10.1 Å². The first-order chi connectivity index (χ1) is 9.13. The number of aliphatic carboxylic acids is 1. The largest absolute Gasteiger partial charge is 0.479 e. The third kappa shape index (κ3) is 4.27. The van der Waals surface area contributed by atoms with Crippen LogP contribution in [0.3, 0.4) is 0 Å². The molecule has 1 heterocycles. The van der Waals surface area contributed by atoms with Crippen molar-refractivity contribution in [3.05, 3.63) is 12.4 Å². The lowest BCUT2D eigenvalue weighted by Crippen LogP contribution is -2.35. The molecular formula is C12H17N3O4. The molecule has 2 rings (SSSR count). The smallest absolute Gasteiger partial charge is 0.341 e. The zero-order valence-corrected chi connectivity index (χ0v) is 10.5. The van der Waals surface area contributed by atoms with E-state index in [1.807, 2.05) is 0 Å². The first kappa shape index (κ1) is 13.4. The highest BCUT2D eigenvalue weighted by atomic mass is 16.5. The summed E-state index contributed by atoms with van der Waals surface area (Å²) in [6.07, 6.45) is 7.32. The van der Waals surface area contributed by atoms with Crippen LogP contribution >= 0.6 is 0 Å². The number of rotatable bonds is 6. The Morgan fingerprint density at radius 1 is 1.47 bits per heavy atom. The lowest BCUT2D eigenvalue weighted by molar-refractivity contribution is -0.139. The molecule has 1 saturated carbocycles. The lowest BCUT2D eigenvalue weighted by atomic mass is 10.2. The SMILES string of the molecule is O=C(O)COc1cnn(CC(=O)NC2CCCC2)c1.